The molecular weight excluding hydrogens is 240 g/mol. The number of aryl methyl sites for hydroxylation is 2. The highest BCUT2D eigenvalue weighted by atomic mass is 16.4. The molecule has 1 heterocycles. The molecule has 0 radical (unpaired) electrons. The van der Waals surface area contributed by atoms with Gasteiger partial charge in [0.25, 0.3) is 0 Å². The summed E-state index contributed by atoms with van der Waals surface area (Å²) in [5.41, 5.74) is 2.09. The maximum Gasteiger partial charge on any atom is 0.328 e. The number of nitrogens with one attached hydrogen (secondary N) is 1. The summed E-state index contributed by atoms with van der Waals surface area (Å²) in [6.07, 6.45) is 0. The first-order valence-electron chi connectivity index (χ1n) is 6.73. The predicted molar refractivity (Wildman–Crippen MR) is 75.3 cm³/mol. The number of piperazine rings is 1. The van der Waals surface area contributed by atoms with Crippen LogP contribution in [0, 0.1) is 13.8 Å². The van der Waals surface area contributed by atoms with Gasteiger partial charge in [-0.1, -0.05) is 23.8 Å². The summed E-state index contributed by atoms with van der Waals surface area (Å²) >= 11 is 0. The molecule has 0 amide bonds. The Morgan fingerprint density at radius 3 is 2.53 bits per heavy atom. The quantitative estimate of drug-likeness (QED) is 0.867. The first kappa shape index (κ1) is 14.0. The summed E-state index contributed by atoms with van der Waals surface area (Å²) < 4.78 is 0. The Bertz CT molecular complexity index is 481. The van der Waals surface area contributed by atoms with Crippen LogP contribution in [0.2, 0.25) is 0 Å². The maximum absolute atomic E-state index is 11.9. The molecule has 4 nitrogen and oxygen atoms in total. The molecule has 0 spiro atoms. The molecule has 1 fully saturated rings. The SMILES string of the molecule is Cc1ccc(C)c(C(C)(C(=O)O)N2CCNCC2)c1. The molecule has 1 aliphatic rings. The van der Waals surface area contributed by atoms with E-state index in [-0.39, 0.29) is 0 Å². The van der Waals surface area contributed by atoms with E-state index in [0.717, 1.165) is 42.9 Å². The van der Waals surface area contributed by atoms with Crippen molar-refractivity contribution in [1.29, 1.82) is 0 Å². The van der Waals surface area contributed by atoms with Crippen LogP contribution in [0.15, 0.2) is 18.2 Å². The predicted octanol–water partition coefficient (Wildman–Crippen LogP) is 1.51. The average Bonchev–Trinajstić information content (AvgIpc) is 2.41. The minimum Gasteiger partial charge on any atom is -0.480 e. The molecule has 1 atom stereocenters. The first-order valence-corrected chi connectivity index (χ1v) is 6.73. The summed E-state index contributed by atoms with van der Waals surface area (Å²) in [6, 6.07) is 6.04. The third-order valence-electron chi connectivity index (χ3n) is 4.08. The van der Waals surface area contributed by atoms with E-state index in [1.54, 1.807) is 0 Å². The average molecular weight is 262 g/mol. The molecule has 104 valence electrons. The van der Waals surface area contributed by atoms with Crippen LogP contribution >= 0.6 is 0 Å². The van der Waals surface area contributed by atoms with E-state index in [9.17, 15) is 9.90 Å². The zero-order valence-corrected chi connectivity index (χ0v) is 11.9. The van der Waals surface area contributed by atoms with Crippen LogP contribution in [0.5, 0.6) is 0 Å². The lowest BCUT2D eigenvalue weighted by atomic mass is 9.85. The third kappa shape index (κ3) is 2.51. The molecule has 0 saturated carbocycles. The molecule has 4 heteroatoms. The van der Waals surface area contributed by atoms with Crippen molar-refractivity contribution in [3.05, 3.63) is 34.9 Å². The number of rotatable bonds is 3. The molecule has 0 aliphatic carbocycles. The molecule has 1 aliphatic heterocycles. The van der Waals surface area contributed by atoms with Crippen LogP contribution in [0.25, 0.3) is 0 Å². The van der Waals surface area contributed by atoms with Gasteiger partial charge in [0.05, 0.1) is 0 Å². The summed E-state index contributed by atoms with van der Waals surface area (Å²) in [6.45, 7) is 9.01. The number of carboxylic acids is 1. The molecular formula is C15H22N2O2. The first-order chi connectivity index (χ1) is 8.96. The largest absolute Gasteiger partial charge is 0.480 e. The van der Waals surface area contributed by atoms with Crippen molar-refractivity contribution >= 4 is 5.97 Å². The number of hydrogen-bond donors (Lipinski definition) is 2. The lowest BCUT2D eigenvalue weighted by Gasteiger charge is -2.41. The van der Waals surface area contributed by atoms with Crippen LogP contribution in [0.1, 0.15) is 23.6 Å². The minimum absolute atomic E-state index is 0.760. The van der Waals surface area contributed by atoms with E-state index >= 15 is 0 Å². The van der Waals surface area contributed by atoms with Crippen LogP contribution < -0.4 is 5.32 Å². The van der Waals surface area contributed by atoms with E-state index in [1.807, 2.05) is 39.0 Å². The van der Waals surface area contributed by atoms with Crippen molar-refractivity contribution in [3.63, 3.8) is 0 Å². The Morgan fingerprint density at radius 1 is 1.32 bits per heavy atom. The number of benzene rings is 1. The molecule has 1 aromatic rings. The normalized spacial score (nSPS) is 19.9. The van der Waals surface area contributed by atoms with E-state index in [4.69, 9.17) is 0 Å². The second-order valence-corrected chi connectivity index (χ2v) is 5.43. The lowest BCUT2D eigenvalue weighted by Crippen LogP contribution is -2.57. The van der Waals surface area contributed by atoms with Crippen LogP contribution in [0.3, 0.4) is 0 Å². The van der Waals surface area contributed by atoms with Crippen molar-refractivity contribution in [2.45, 2.75) is 26.3 Å². The number of nitrogens with zero attached hydrogens (tertiary/aromatic N) is 1. The van der Waals surface area contributed by atoms with Gasteiger partial charge < -0.3 is 10.4 Å². The van der Waals surface area contributed by atoms with Gasteiger partial charge in [0.1, 0.15) is 5.54 Å². The number of carbonyl (C=O) groups is 1. The molecule has 2 rings (SSSR count). The van der Waals surface area contributed by atoms with Crippen molar-refractivity contribution in [3.8, 4) is 0 Å². The van der Waals surface area contributed by atoms with Crippen LogP contribution in [-0.2, 0) is 10.3 Å². The lowest BCUT2D eigenvalue weighted by molar-refractivity contribution is -0.151. The third-order valence-corrected chi connectivity index (χ3v) is 4.08. The highest BCUT2D eigenvalue weighted by Gasteiger charge is 2.42. The smallest absolute Gasteiger partial charge is 0.328 e. The molecule has 1 unspecified atom stereocenters. The van der Waals surface area contributed by atoms with Crippen LogP contribution in [0.4, 0.5) is 0 Å². The van der Waals surface area contributed by atoms with Gasteiger partial charge in [0.2, 0.25) is 0 Å². The Balaban J connectivity index is 2.48. The van der Waals surface area contributed by atoms with Crippen molar-refractivity contribution in [2.75, 3.05) is 26.2 Å². The van der Waals surface area contributed by atoms with Gasteiger partial charge >= 0.3 is 5.97 Å². The fourth-order valence-corrected chi connectivity index (χ4v) is 2.79. The molecule has 0 bridgehead atoms. The van der Waals surface area contributed by atoms with Gasteiger partial charge in [-0.05, 0) is 31.9 Å². The topological polar surface area (TPSA) is 52.6 Å². The summed E-state index contributed by atoms with van der Waals surface area (Å²) in [4.78, 5) is 14.0. The zero-order valence-electron chi connectivity index (χ0n) is 11.9. The Labute approximate surface area is 114 Å². The summed E-state index contributed by atoms with van der Waals surface area (Å²) in [5.74, 6) is -0.775. The monoisotopic (exact) mass is 262 g/mol. The molecule has 0 aromatic heterocycles. The van der Waals surface area contributed by atoms with Gasteiger partial charge in [-0.2, -0.15) is 0 Å². The van der Waals surface area contributed by atoms with E-state index in [2.05, 4.69) is 10.2 Å². The summed E-state index contributed by atoms with van der Waals surface area (Å²) in [5, 5.41) is 13.1. The number of aliphatic carboxylic acids is 1. The maximum atomic E-state index is 11.9. The Hall–Kier alpha value is -1.39. The fraction of sp³-hybridized carbons (Fsp3) is 0.533. The standard InChI is InChI=1S/C15H22N2O2/c1-11-4-5-12(2)13(10-11)15(3,14(18)19)17-8-6-16-7-9-17/h4-5,10,16H,6-9H2,1-3H3,(H,18,19). The molecule has 19 heavy (non-hydrogen) atoms. The van der Waals surface area contributed by atoms with Gasteiger partial charge in [0, 0.05) is 26.2 Å². The minimum atomic E-state index is -0.946. The van der Waals surface area contributed by atoms with E-state index in [0.29, 0.717) is 0 Å². The Morgan fingerprint density at radius 2 is 1.95 bits per heavy atom. The van der Waals surface area contributed by atoms with E-state index in [1.165, 1.54) is 0 Å². The van der Waals surface area contributed by atoms with Gasteiger partial charge in [-0.3, -0.25) is 4.90 Å². The summed E-state index contributed by atoms with van der Waals surface area (Å²) in [7, 11) is 0. The Kier molecular flexibility index (Phi) is 3.92. The fourth-order valence-electron chi connectivity index (χ4n) is 2.79. The molecule has 1 aromatic carbocycles. The van der Waals surface area contributed by atoms with Crippen molar-refractivity contribution < 1.29 is 9.90 Å². The van der Waals surface area contributed by atoms with Crippen molar-refractivity contribution in [2.24, 2.45) is 0 Å². The molecule has 1 saturated heterocycles. The van der Waals surface area contributed by atoms with Gasteiger partial charge in [-0.15, -0.1) is 0 Å². The van der Waals surface area contributed by atoms with Crippen molar-refractivity contribution in [1.82, 2.24) is 10.2 Å². The highest BCUT2D eigenvalue weighted by molar-refractivity contribution is 5.81. The van der Waals surface area contributed by atoms with E-state index < -0.39 is 11.5 Å². The molecule has 2 N–H and O–H groups in total. The number of carboxylic acid groups (broad SMARTS) is 1. The highest BCUT2D eigenvalue weighted by Crippen LogP contribution is 2.32. The van der Waals surface area contributed by atoms with Crippen LogP contribution in [-0.4, -0.2) is 42.2 Å². The second-order valence-electron chi connectivity index (χ2n) is 5.43. The van der Waals surface area contributed by atoms with Gasteiger partial charge in [-0.25, -0.2) is 4.79 Å². The second kappa shape index (κ2) is 5.31. The zero-order chi connectivity index (χ0) is 14.0. The number of hydrogen-bond acceptors (Lipinski definition) is 3. The van der Waals surface area contributed by atoms with Gasteiger partial charge in [0.15, 0.2) is 0 Å².